The van der Waals surface area contributed by atoms with Gasteiger partial charge < -0.3 is 9.80 Å². The lowest BCUT2D eigenvalue weighted by molar-refractivity contribution is -0.128. The van der Waals surface area contributed by atoms with Crippen LogP contribution < -0.4 is 4.90 Å². The molecular formula is C17H24N6OS. The third kappa shape index (κ3) is 4.50. The molecule has 7 nitrogen and oxygen atoms in total. The third-order valence-electron chi connectivity index (χ3n) is 4.35. The molecule has 25 heavy (non-hydrogen) atoms. The van der Waals surface area contributed by atoms with Gasteiger partial charge in [-0.15, -0.1) is 5.10 Å². The Hall–Kier alpha value is -2.09. The molecule has 1 fully saturated rings. The summed E-state index contributed by atoms with van der Waals surface area (Å²) in [6, 6.07) is 2.05. The predicted molar refractivity (Wildman–Crippen MR) is 98.9 cm³/mol. The van der Waals surface area contributed by atoms with Crippen LogP contribution in [-0.2, 0) is 11.2 Å². The first kappa shape index (κ1) is 17.7. The number of nitrogens with one attached hydrogen (secondary N) is 1. The predicted octanol–water partition coefficient (Wildman–Crippen LogP) is 1.90. The minimum atomic E-state index is 0.154. The molecule has 1 aliphatic heterocycles. The molecule has 1 saturated heterocycles. The smallest absolute Gasteiger partial charge is 0.233 e. The first-order valence-corrected chi connectivity index (χ1v) is 9.63. The molecule has 0 bridgehead atoms. The van der Waals surface area contributed by atoms with Crippen LogP contribution in [-0.4, -0.2) is 62.9 Å². The molecule has 1 N–H and O–H groups in total. The van der Waals surface area contributed by atoms with E-state index < -0.39 is 0 Å². The second-order valence-electron chi connectivity index (χ2n) is 6.09. The molecule has 8 heteroatoms. The number of aryl methyl sites for hydroxylation is 2. The van der Waals surface area contributed by atoms with E-state index in [2.05, 4.69) is 38.1 Å². The van der Waals surface area contributed by atoms with Crippen LogP contribution in [0.5, 0.6) is 0 Å². The zero-order chi connectivity index (χ0) is 17.6. The number of nitrogens with zero attached hydrogens (tertiary/aromatic N) is 5. The molecule has 0 radical (unpaired) electrons. The minimum Gasteiger partial charge on any atom is -0.369 e. The van der Waals surface area contributed by atoms with E-state index in [9.17, 15) is 4.79 Å². The van der Waals surface area contributed by atoms with Crippen molar-refractivity contribution in [2.45, 2.75) is 31.8 Å². The molecule has 0 saturated carbocycles. The Morgan fingerprint density at radius 2 is 2.20 bits per heavy atom. The highest BCUT2D eigenvalue weighted by Gasteiger charge is 2.20. The molecule has 0 aromatic carbocycles. The van der Waals surface area contributed by atoms with Crippen LogP contribution in [0.4, 0.5) is 5.69 Å². The number of aromatic amines is 1. The highest BCUT2D eigenvalue weighted by molar-refractivity contribution is 7.99. The molecule has 0 unspecified atom stereocenters. The van der Waals surface area contributed by atoms with Gasteiger partial charge in [-0.05, 0) is 25.0 Å². The van der Waals surface area contributed by atoms with Crippen molar-refractivity contribution >= 4 is 23.4 Å². The molecule has 2 aromatic heterocycles. The van der Waals surface area contributed by atoms with Gasteiger partial charge in [0.1, 0.15) is 5.82 Å². The van der Waals surface area contributed by atoms with Gasteiger partial charge in [-0.3, -0.25) is 14.9 Å². The fourth-order valence-electron chi connectivity index (χ4n) is 2.95. The van der Waals surface area contributed by atoms with Crippen molar-refractivity contribution in [3.05, 3.63) is 29.8 Å². The van der Waals surface area contributed by atoms with Crippen LogP contribution in [0.25, 0.3) is 0 Å². The molecular weight excluding hydrogens is 336 g/mol. The zero-order valence-electron chi connectivity index (χ0n) is 14.7. The number of carbonyl (C=O) groups is 1. The number of pyridine rings is 1. The first-order chi connectivity index (χ1) is 12.2. The summed E-state index contributed by atoms with van der Waals surface area (Å²) < 4.78 is 0. The Morgan fingerprint density at radius 3 is 2.96 bits per heavy atom. The highest BCUT2D eigenvalue weighted by Crippen LogP contribution is 2.20. The summed E-state index contributed by atoms with van der Waals surface area (Å²) in [5, 5.41) is 7.65. The van der Waals surface area contributed by atoms with Gasteiger partial charge in [0.05, 0.1) is 5.75 Å². The first-order valence-electron chi connectivity index (χ1n) is 8.64. The van der Waals surface area contributed by atoms with Crippen molar-refractivity contribution in [3.8, 4) is 0 Å². The van der Waals surface area contributed by atoms with E-state index in [-0.39, 0.29) is 5.91 Å². The summed E-state index contributed by atoms with van der Waals surface area (Å²) in [5.74, 6) is 1.39. The maximum absolute atomic E-state index is 12.5. The summed E-state index contributed by atoms with van der Waals surface area (Å²) in [5.41, 5.74) is 2.39. The van der Waals surface area contributed by atoms with Gasteiger partial charge in [0.15, 0.2) is 0 Å². The van der Waals surface area contributed by atoms with E-state index in [0.29, 0.717) is 10.9 Å². The Bertz CT molecular complexity index is 719. The number of anilines is 1. The van der Waals surface area contributed by atoms with Crippen molar-refractivity contribution < 1.29 is 4.79 Å². The maximum Gasteiger partial charge on any atom is 0.233 e. The number of H-pyrrole nitrogens is 1. The minimum absolute atomic E-state index is 0.154. The summed E-state index contributed by atoms with van der Waals surface area (Å²) in [4.78, 5) is 25.3. The van der Waals surface area contributed by atoms with Gasteiger partial charge in [-0.2, -0.15) is 0 Å². The average Bonchev–Trinajstić information content (AvgIpc) is 2.95. The number of thioether (sulfide) groups is 1. The van der Waals surface area contributed by atoms with Crippen molar-refractivity contribution in [1.82, 2.24) is 25.1 Å². The van der Waals surface area contributed by atoms with Gasteiger partial charge >= 0.3 is 0 Å². The molecule has 134 valence electrons. The second kappa shape index (κ2) is 8.33. The standard InChI is InChI=1S/C17H24N6OS/c1-3-15-19-17(21-20-15)25-12-16(24)23-8-4-7-22(9-10-23)14-5-6-18-11-13(14)2/h5-6,11H,3-4,7-10,12H2,1-2H3,(H,19,20,21). The largest absolute Gasteiger partial charge is 0.369 e. The topological polar surface area (TPSA) is 78.0 Å². The van der Waals surface area contributed by atoms with E-state index in [1.54, 1.807) is 0 Å². The Morgan fingerprint density at radius 1 is 1.32 bits per heavy atom. The molecule has 3 heterocycles. The zero-order valence-corrected chi connectivity index (χ0v) is 15.6. The fraction of sp³-hybridized carbons (Fsp3) is 0.529. The van der Waals surface area contributed by atoms with E-state index >= 15 is 0 Å². The van der Waals surface area contributed by atoms with E-state index in [0.717, 1.165) is 44.8 Å². The highest BCUT2D eigenvalue weighted by atomic mass is 32.2. The monoisotopic (exact) mass is 360 g/mol. The fourth-order valence-corrected chi connectivity index (χ4v) is 3.67. The van der Waals surface area contributed by atoms with Gasteiger partial charge in [-0.25, -0.2) is 4.98 Å². The summed E-state index contributed by atoms with van der Waals surface area (Å²) in [6.07, 6.45) is 5.51. The molecule has 3 rings (SSSR count). The lowest BCUT2D eigenvalue weighted by Gasteiger charge is -2.24. The number of hydrogen-bond donors (Lipinski definition) is 1. The lowest BCUT2D eigenvalue weighted by atomic mass is 10.2. The van der Waals surface area contributed by atoms with E-state index in [1.807, 2.05) is 24.2 Å². The van der Waals surface area contributed by atoms with Gasteiger partial charge in [0, 0.05) is 50.7 Å². The summed E-state index contributed by atoms with van der Waals surface area (Å²) in [6.45, 7) is 7.45. The normalized spacial score (nSPS) is 15.3. The van der Waals surface area contributed by atoms with Crippen LogP contribution >= 0.6 is 11.8 Å². The summed E-state index contributed by atoms with van der Waals surface area (Å²) in [7, 11) is 0. The van der Waals surface area contributed by atoms with Gasteiger partial charge in [-0.1, -0.05) is 18.7 Å². The van der Waals surface area contributed by atoms with Crippen LogP contribution in [0.1, 0.15) is 24.7 Å². The summed E-state index contributed by atoms with van der Waals surface area (Å²) >= 11 is 1.40. The third-order valence-corrected chi connectivity index (χ3v) is 5.18. The van der Waals surface area contributed by atoms with Crippen LogP contribution in [0.3, 0.4) is 0 Å². The van der Waals surface area contributed by atoms with Crippen molar-refractivity contribution in [2.75, 3.05) is 36.8 Å². The molecule has 0 spiro atoms. The van der Waals surface area contributed by atoms with E-state index in [1.165, 1.54) is 23.0 Å². The Kier molecular flexibility index (Phi) is 5.91. The molecule has 1 aliphatic rings. The van der Waals surface area contributed by atoms with Crippen LogP contribution in [0.2, 0.25) is 0 Å². The molecule has 0 aliphatic carbocycles. The van der Waals surface area contributed by atoms with E-state index in [4.69, 9.17) is 0 Å². The number of rotatable bonds is 5. The van der Waals surface area contributed by atoms with Crippen molar-refractivity contribution in [1.29, 1.82) is 0 Å². The molecule has 1 amide bonds. The lowest BCUT2D eigenvalue weighted by Crippen LogP contribution is -2.36. The van der Waals surface area contributed by atoms with Crippen molar-refractivity contribution in [2.24, 2.45) is 0 Å². The number of carbonyl (C=O) groups excluding carboxylic acids is 1. The van der Waals surface area contributed by atoms with Gasteiger partial charge in [0.2, 0.25) is 11.1 Å². The molecule has 0 atom stereocenters. The van der Waals surface area contributed by atoms with Crippen molar-refractivity contribution in [3.63, 3.8) is 0 Å². The second-order valence-corrected chi connectivity index (χ2v) is 7.03. The SMILES string of the molecule is CCc1nc(SCC(=O)N2CCCN(c3ccncc3C)CC2)n[nH]1. The maximum atomic E-state index is 12.5. The number of amides is 1. The Balaban J connectivity index is 1.53. The Labute approximate surface area is 152 Å². The molecule has 2 aromatic rings. The van der Waals surface area contributed by atoms with Gasteiger partial charge in [0.25, 0.3) is 0 Å². The number of hydrogen-bond acceptors (Lipinski definition) is 6. The quantitative estimate of drug-likeness (QED) is 0.821. The van der Waals surface area contributed by atoms with Crippen LogP contribution in [0.15, 0.2) is 23.6 Å². The van der Waals surface area contributed by atoms with Crippen LogP contribution in [0, 0.1) is 6.92 Å². The number of aromatic nitrogens is 4. The average molecular weight is 360 g/mol.